The average molecular weight is 434 g/mol. The molecule has 3 aromatic rings. The van der Waals surface area contributed by atoms with Crippen LogP contribution in [0.4, 0.5) is 11.4 Å². The summed E-state index contributed by atoms with van der Waals surface area (Å²) in [4.78, 5) is 36.8. The van der Waals surface area contributed by atoms with Gasteiger partial charge in [-0.2, -0.15) is 0 Å². The van der Waals surface area contributed by atoms with Crippen molar-refractivity contribution in [2.75, 3.05) is 23.0 Å². The van der Waals surface area contributed by atoms with Crippen LogP contribution in [0.3, 0.4) is 0 Å². The number of thioether (sulfide) groups is 1. The van der Waals surface area contributed by atoms with Crippen LogP contribution in [0.1, 0.15) is 10.4 Å². The largest absolute Gasteiger partial charge is 0.457 e. The number of rotatable bonds is 6. The quantitative estimate of drug-likeness (QED) is 0.561. The molecule has 8 heteroatoms. The molecule has 0 unspecified atom stereocenters. The Hall–Kier alpha value is -3.78. The van der Waals surface area contributed by atoms with Crippen molar-refractivity contribution in [2.45, 2.75) is 4.90 Å². The number of esters is 1. The first-order valence-corrected chi connectivity index (χ1v) is 10.4. The number of para-hydroxylation sites is 1. The highest BCUT2D eigenvalue weighted by atomic mass is 32.2. The maximum Gasteiger partial charge on any atom is 0.338 e. The van der Waals surface area contributed by atoms with Crippen LogP contribution < -0.4 is 15.4 Å². The highest BCUT2D eigenvalue weighted by Gasteiger charge is 2.18. The topological polar surface area (TPSA) is 93.7 Å². The second-order valence-corrected chi connectivity index (χ2v) is 7.63. The smallest absolute Gasteiger partial charge is 0.338 e. The SMILES string of the molecule is O=C(COC(=O)c1ccc2c(c1)NC(=O)CS2)Nc1ccc(Oc2ccccc2)cc1. The summed E-state index contributed by atoms with van der Waals surface area (Å²) in [6.07, 6.45) is 0. The first-order valence-electron chi connectivity index (χ1n) is 9.43. The van der Waals surface area contributed by atoms with E-state index in [0.29, 0.717) is 28.6 Å². The van der Waals surface area contributed by atoms with Gasteiger partial charge in [-0.05, 0) is 54.6 Å². The van der Waals surface area contributed by atoms with Crippen LogP contribution in [0.5, 0.6) is 11.5 Å². The van der Waals surface area contributed by atoms with Gasteiger partial charge in [0.2, 0.25) is 5.91 Å². The monoisotopic (exact) mass is 434 g/mol. The number of ether oxygens (including phenoxy) is 2. The van der Waals surface area contributed by atoms with E-state index in [2.05, 4.69) is 10.6 Å². The minimum Gasteiger partial charge on any atom is -0.457 e. The molecule has 7 nitrogen and oxygen atoms in total. The Morgan fingerprint density at radius 1 is 0.968 bits per heavy atom. The Morgan fingerprint density at radius 3 is 2.48 bits per heavy atom. The van der Waals surface area contributed by atoms with Crippen LogP contribution in [0.2, 0.25) is 0 Å². The number of carbonyl (C=O) groups excluding carboxylic acids is 3. The van der Waals surface area contributed by atoms with Crippen molar-refractivity contribution in [3.05, 3.63) is 78.4 Å². The first kappa shape index (κ1) is 20.5. The summed E-state index contributed by atoms with van der Waals surface area (Å²) in [5.74, 6) is 0.458. The van der Waals surface area contributed by atoms with Gasteiger partial charge in [-0.1, -0.05) is 18.2 Å². The van der Waals surface area contributed by atoms with E-state index in [9.17, 15) is 14.4 Å². The zero-order valence-electron chi connectivity index (χ0n) is 16.3. The standard InChI is InChI=1S/C23H18N2O5S/c26-21(24-16-7-9-18(10-8-16)30-17-4-2-1-3-5-17)13-29-23(28)15-6-11-20-19(12-15)25-22(27)14-31-20/h1-12H,13-14H2,(H,24,26)(H,25,27). The lowest BCUT2D eigenvalue weighted by atomic mass is 10.2. The summed E-state index contributed by atoms with van der Waals surface area (Å²) < 4.78 is 10.8. The summed E-state index contributed by atoms with van der Waals surface area (Å²) in [6.45, 7) is -0.431. The van der Waals surface area contributed by atoms with E-state index in [1.54, 1.807) is 42.5 Å². The summed E-state index contributed by atoms with van der Waals surface area (Å²) >= 11 is 1.40. The second-order valence-electron chi connectivity index (χ2n) is 6.61. The van der Waals surface area contributed by atoms with E-state index in [0.717, 1.165) is 4.90 Å². The third kappa shape index (κ3) is 5.43. The molecule has 2 amide bonds. The van der Waals surface area contributed by atoms with E-state index in [-0.39, 0.29) is 11.5 Å². The lowest BCUT2D eigenvalue weighted by Gasteiger charge is -2.16. The number of nitrogens with one attached hydrogen (secondary N) is 2. The predicted molar refractivity (Wildman–Crippen MR) is 118 cm³/mol. The summed E-state index contributed by atoms with van der Waals surface area (Å²) in [5.41, 5.74) is 1.38. The molecule has 0 aromatic heterocycles. The number of anilines is 2. The fraction of sp³-hybridized carbons (Fsp3) is 0.0870. The molecule has 1 aliphatic heterocycles. The van der Waals surface area contributed by atoms with Gasteiger partial charge in [0.15, 0.2) is 6.61 Å². The van der Waals surface area contributed by atoms with E-state index in [4.69, 9.17) is 9.47 Å². The fourth-order valence-electron chi connectivity index (χ4n) is 2.85. The third-order valence-electron chi connectivity index (χ3n) is 4.30. The van der Waals surface area contributed by atoms with Crippen molar-refractivity contribution in [2.24, 2.45) is 0 Å². The molecule has 1 aliphatic rings. The van der Waals surface area contributed by atoms with Gasteiger partial charge < -0.3 is 20.1 Å². The Morgan fingerprint density at radius 2 is 1.71 bits per heavy atom. The van der Waals surface area contributed by atoms with Gasteiger partial charge in [0, 0.05) is 10.6 Å². The summed E-state index contributed by atoms with van der Waals surface area (Å²) in [5, 5.41) is 5.38. The molecule has 0 saturated heterocycles. The van der Waals surface area contributed by atoms with Crippen molar-refractivity contribution < 1.29 is 23.9 Å². The molecule has 2 N–H and O–H groups in total. The molecule has 1 heterocycles. The molecule has 0 fully saturated rings. The van der Waals surface area contributed by atoms with Gasteiger partial charge in [-0.15, -0.1) is 11.8 Å². The maximum absolute atomic E-state index is 12.2. The van der Waals surface area contributed by atoms with E-state index >= 15 is 0 Å². The molecule has 0 aliphatic carbocycles. The van der Waals surface area contributed by atoms with Crippen LogP contribution in [0, 0.1) is 0 Å². The van der Waals surface area contributed by atoms with Crippen molar-refractivity contribution >= 4 is 40.9 Å². The number of amides is 2. The van der Waals surface area contributed by atoms with E-state index in [1.165, 1.54) is 11.8 Å². The van der Waals surface area contributed by atoms with Gasteiger partial charge in [0.25, 0.3) is 5.91 Å². The lowest BCUT2D eigenvalue weighted by molar-refractivity contribution is -0.119. The molecule has 4 rings (SSSR count). The van der Waals surface area contributed by atoms with Crippen LogP contribution in [-0.4, -0.2) is 30.1 Å². The van der Waals surface area contributed by atoms with Crippen molar-refractivity contribution in [1.29, 1.82) is 0 Å². The summed E-state index contributed by atoms with van der Waals surface area (Å²) in [6, 6.07) is 21.1. The van der Waals surface area contributed by atoms with Gasteiger partial charge in [0.05, 0.1) is 17.0 Å². The Balaban J connectivity index is 1.28. The Kier molecular flexibility index (Phi) is 6.18. The van der Waals surface area contributed by atoms with Crippen LogP contribution >= 0.6 is 11.8 Å². The molecule has 0 spiro atoms. The predicted octanol–water partition coefficient (Wildman–Crippen LogP) is 4.32. The number of hydrogen-bond donors (Lipinski definition) is 2. The van der Waals surface area contributed by atoms with E-state index < -0.39 is 18.5 Å². The normalized spacial score (nSPS) is 12.3. The number of benzene rings is 3. The fourth-order valence-corrected chi connectivity index (χ4v) is 3.64. The lowest BCUT2D eigenvalue weighted by Crippen LogP contribution is -2.21. The summed E-state index contributed by atoms with van der Waals surface area (Å²) in [7, 11) is 0. The molecular weight excluding hydrogens is 416 g/mol. The second kappa shape index (κ2) is 9.36. The van der Waals surface area contributed by atoms with Crippen LogP contribution in [-0.2, 0) is 14.3 Å². The van der Waals surface area contributed by atoms with E-state index in [1.807, 2.05) is 30.3 Å². The average Bonchev–Trinajstić information content (AvgIpc) is 2.79. The van der Waals surface area contributed by atoms with Crippen molar-refractivity contribution in [1.82, 2.24) is 0 Å². The van der Waals surface area contributed by atoms with Crippen LogP contribution in [0.25, 0.3) is 0 Å². The Bertz CT molecular complexity index is 1120. The molecule has 0 atom stereocenters. The molecule has 0 radical (unpaired) electrons. The van der Waals surface area contributed by atoms with Crippen molar-refractivity contribution in [3.63, 3.8) is 0 Å². The minimum atomic E-state index is -0.644. The van der Waals surface area contributed by atoms with Gasteiger partial charge >= 0.3 is 5.97 Å². The zero-order chi connectivity index (χ0) is 21.6. The zero-order valence-corrected chi connectivity index (χ0v) is 17.1. The molecule has 156 valence electrons. The highest BCUT2D eigenvalue weighted by Crippen LogP contribution is 2.32. The number of fused-ring (bicyclic) bond motifs is 1. The highest BCUT2D eigenvalue weighted by molar-refractivity contribution is 8.00. The van der Waals surface area contributed by atoms with Gasteiger partial charge in [-0.25, -0.2) is 4.79 Å². The van der Waals surface area contributed by atoms with Gasteiger partial charge in [0.1, 0.15) is 11.5 Å². The third-order valence-corrected chi connectivity index (χ3v) is 5.37. The maximum atomic E-state index is 12.2. The van der Waals surface area contributed by atoms with Crippen molar-refractivity contribution in [3.8, 4) is 11.5 Å². The molecule has 3 aromatic carbocycles. The first-order chi connectivity index (χ1) is 15.1. The van der Waals surface area contributed by atoms with Gasteiger partial charge in [-0.3, -0.25) is 9.59 Å². The molecule has 0 bridgehead atoms. The Labute approximate surface area is 182 Å². The molecular formula is C23H18N2O5S. The number of hydrogen-bond acceptors (Lipinski definition) is 6. The van der Waals surface area contributed by atoms with Crippen LogP contribution in [0.15, 0.2) is 77.7 Å². The molecule has 31 heavy (non-hydrogen) atoms. The number of carbonyl (C=O) groups is 3. The minimum absolute atomic E-state index is 0.123. The molecule has 0 saturated carbocycles.